The Morgan fingerprint density at radius 2 is 1.41 bits per heavy atom. The molecule has 146 valence electrons. The number of unbranched alkanes of at least 4 members (excludes halogenated alkanes) is 7. The first kappa shape index (κ1) is 21.7. The minimum absolute atomic E-state index is 0.113. The van der Waals surface area contributed by atoms with Crippen LogP contribution >= 0.6 is 0 Å². The molecule has 2 aromatic rings. The maximum Gasteiger partial charge on any atom is 0.212 e. The molecule has 0 bridgehead atoms. The van der Waals surface area contributed by atoms with Gasteiger partial charge in [0.05, 0.1) is 0 Å². The first-order valence-corrected chi connectivity index (χ1v) is 11.8. The van der Waals surface area contributed by atoms with E-state index in [0.29, 0.717) is 10.6 Å². The van der Waals surface area contributed by atoms with Crippen LogP contribution in [0, 0.1) is 5.82 Å². The minimum Gasteiger partial charge on any atom is -0.289 e. The maximum atomic E-state index is 14.3. The summed E-state index contributed by atoms with van der Waals surface area (Å²) in [5.41, 5.74) is 0.724. The van der Waals surface area contributed by atoms with E-state index in [0.717, 1.165) is 17.7 Å². The van der Waals surface area contributed by atoms with Gasteiger partial charge in [-0.3, -0.25) is 4.79 Å². The first-order valence-electron chi connectivity index (χ1n) is 10.2. The van der Waals surface area contributed by atoms with E-state index in [4.69, 9.17) is 0 Å². The Balaban J connectivity index is 1.89. The Morgan fingerprint density at radius 3 is 2.07 bits per heavy atom. The highest BCUT2D eigenvalue weighted by Crippen LogP contribution is 2.21. The highest BCUT2D eigenvalue weighted by Gasteiger charge is 2.28. The number of hydrogen-bond donors (Lipinski definition) is 0. The molecule has 1 atom stereocenters. The molecule has 0 radical (unpaired) electrons. The molecular weight excluding hydrogens is 355 g/mol. The quantitative estimate of drug-likeness (QED) is 0.209. The van der Waals surface area contributed by atoms with Gasteiger partial charge in [0.25, 0.3) is 0 Å². The van der Waals surface area contributed by atoms with Gasteiger partial charge in [-0.15, -0.1) is 0 Å². The number of benzene rings is 2. The molecule has 0 saturated carbocycles. The van der Waals surface area contributed by atoms with Crippen molar-refractivity contribution in [2.24, 2.45) is 0 Å². The largest absolute Gasteiger partial charge is 0.289 e. The van der Waals surface area contributed by atoms with Crippen LogP contribution in [0.1, 0.15) is 68.6 Å². The lowest BCUT2D eigenvalue weighted by atomic mass is 10.1. The van der Waals surface area contributed by atoms with Gasteiger partial charge in [0, 0.05) is 16.5 Å². The van der Waals surface area contributed by atoms with Gasteiger partial charge >= 0.3 is 0 Å². The van der Waals surface area contributed by atoms with Gasteiger partial charge in [-0.1, -0.05) is 87.9 Å². The number of rotatable bonds is 13. The van der Waals surface area contributed by atoms with E-state index >= 15 is 0 Å². The molecule has 0 N–H and O–H groups in total. The summed E-state index contributed by atoms with van der Waals surface area (Å²) < 4.78 is 14.3. The van der Waals surface area contributed by atoms with E-state index in [1.165, 1.54) is 51.0 Å². The van der Waals surface area contributed by atoms with Gasteiger partial charge in [-0.05, 0) is 25.0 Å². The monoisotopic (exact) mass is 387 g/mol. The molecule has 2 aromatic carbocycles. The number of halogens is 1. The van der Waals surface area contributed by atoms with Gasteiger partial charge in [-0.25, -0.2) is 4.39 Å². The average Bonchev–Trinajstić information content (AvgIpc) is 2.70. The van der Waals surface area contributed by atoms with E-state index in [-0.39, 0.29) is 22.5 Å². The molecule has 0 aliphatic rings. The lowest BCUT2D eigenvalue weighted by Gasteiger charge is -2.09. The zero-order chi connectivity index (χ0) is 19.3. The standard InChI is InChI=1S/C24H32FOS/c1-2-3-4-5-6-7-8-14-19-27(24-18-13-12-17-22(24)25)20-23(26)21-15-10-9-11-16-21/h9-13,15-18H,2-8,14,19-20H2,1H3/q+1. The van der Waals surface area contributed by atoms with E-state index in [2.05, 4.69) is 6.92 Å². The summed E-state index contributed by atoms with van der Waals surface area (Å²) in [7, 11) is -0.365. The smallest absolute Gasteiger partial charge is 0.212 e. The second-order valence-corrected chi connectivity index (χ2v) is 9.16. The summed E-state index contributed by atoms with van der Waals surface area (Å²) in [4.78, 5) is 13.4. The molecule has 0 heterocycles. The van der Waals surface area contributed by atoms with Gasteiger partial charge in [0.1, 0.15) is 5.75 Å². The van der Waals surface area contributed by atoms with E-state index in [1.54, 1.807) is 6.07 Å². The predicted molar refractivity (Wildman–Crippen MR) is 115 cm³/mol. The molecule has 0 aliphatic carbocycles. The van der Waals surface area contributed by atoms with Crippen molar-refractivity contribution in [3.05, 3.63) is 66.0 Å². The number of carbonyl (C=O) groups is 1. The topological polar surface area (TPSA) is 17.1 Å². The lowest BCUT2D eigenvalue weighted by molar-refractivity contribution is 0.102. The van der Waals surface area contributed by atoms with Crippen LogP contribution in [-0.4, -0.2) is 17.3 Å². The molecular formula is C24H32FOS+. The van der Waals surface area contributed by atoms with Crippen LogP contribution in [0.25, 0.3) is 0 Å². The molecule has 0 saturated heterocycles. The highest BCUT2D eigenvalue weighted by atomic mass is 32.2. The fraction of sp³-hybridized carbons (Fsp3) is 0.458. The Bertz CT molecular complexity index is 671. The second-order valence-electron chi connectivity index (χ2n) is 7.04. The van der Waals surface area contributed by atoms with Gasteiger partial charge in [0.15, 0.2) is 16.5 Å². The lowest BCUT2D eigenvalue weighted by Crippen LogP contribution is -2.21. The van der Waals surface area contributed by atoms with Crippen LogP contribution in [0.15, 0.2) is 59.5 Å². The summed E-state index contributed by atoms with van der Waals surface area (Å²) in [5, 5.41) is 0. The Morgan fingerprint density at radius 1 is 0.815 bits per heavy atom. The highest BCUT2D eigenvalue weighted by molar-refractivity contribution is 7.97. The predicted octanol–water partition coefficient (Wildman–Crippen LogP) is 6.83. The van der Waals surface area contributed by atoms with Crippen molar-refractivity contribution in [3.8, 4) is 0 Å². The van der Waals surface area contributed by atoms with Crippen LogP contribution in [-0.2, 0) is 10.9 Å². The number of carbonyl (C=O) groups excluding carboxylic acids is 1. The Kier molecular flexibility index (Phi) is 10.2. The SMILES string of the molecule is CCCCCCCCCC[S+](CC(=O)c1ccccc1)c1ccccc1F. The van der Waals surface area contributed by atoms with Crippen molar-refractivity contribution in [3.63, 3.8) is 0 Å². The second kappa shape index (κ2) is 12.7. The molecule has 27 heavy (non-hydrogen) atoms. The zero-order valence-corrected chi connectivity index (χ0v) is 17.3. The fourth-order valence-electron chi connectivity index (χ4n) is 3.21. The van der Waals surface area contributed by atoms with Crippen LogP contribution in [0.4, 0.5) is 4.39 Å². The third-order valence-corrected chi connectivity index (χ3v) is 7.14. The van der Waals surface area contributed by atoms with Crippen LogP contribution in [0.2, 0.25) is 0 Å². The van der Waals surface area contributed by atoms with Crippen LogP contribution in [0.3, 0.4) is 0 Å². The summed E-state index contributed by atoms with van der Waals surface area (Å²) in [6.07, 6.45) is 10.0. The number of ketones is 1. The number of Topliss-reactive ketones (excluding diaryl/α,β-unsaturated/α-hetero) is 1. The Labute approximate surface area is 166 Å². The maximum absolute atomic E-state index is 14.3. The fourth-order valence-corrected chi connectivity index (χ4v) is 5.38. The molecule has 0 aromatic heterocycles. The summed E-state index contributed by atoms with van der Waals surface area (Å²) in [5.74, 6) is 1.23. The zero-order valence-electron chi connectivity index (χ0n) is 16.5. The summed E-state index contributed by atoms with van der Waals surface area (Å²) >= 11 is 0. The van der Waals surface area contributed by atoms with Crippen molar-refractivity contribution in [2.45, 2.75) is 63.2 Å². The van der Waals surface area contributed by atoms with Crippen molar-refractivity contribution in [1.82, 2.24) is 0 Å². The molecule has 2 rings (SSSR count). The molecule has 0 amide bonds. The summed E-state index contributed by atoms with van der Waals surface area (Å²) in [6.45, 7) is 2.24. The van der Waals surface area contributed by atoms with Gasteiger partial charge < -0.3 is 0 Å². The Hall–Kier alpha value is -1.61. The van der Waals surface area contributed by atoms with Crippen LogP contribution < -0.4 is 0 Å². The summed E-state index contributed by atoms with van der Waals surface area (Å²) in [6, 6.07) is 16.3. The third-order valence-electron chi connectivity index (χ3n) is 4.79. The van der Waals surface area contributed by atoms with E-state index < -0.39 is 0 Å². The van der Waals surface area contributed by atoms with Crippen molar-refractivity contribution < 1.29 is 9.18 Å². The first-order chi connectivity index (χ1) is 13.2. The molecule has 0 spiro atoms. The molecule has 1 unspecified atom stereocenters. The van der Waals surface area contributed by atoms with Gasteiger partial charge in [-0.2, -0.15) is 0 Å². The minimum atomic E-state index is -0.365. The van der Waals surface area contributed by atoms with Crippen LogP contribution in [0.5, 0.6) is 0 Å². The molecule has 1 nitrogen and oxygen atoms in total. The molecule has 0 aliphatic heterocycles. The normalized spacial score (nSPS) is 12.1. The van der Waals surface area contributed by atoms with Gasteiger partial charge in [0.2, 0.25) is 5.78 Å². The average molecular weight is 388 g/mol. The van der Waals surface area contributed by atoms with Crippen molar-refractivity contribution in [1.29, 1.82) is 0 Å². The van der Waals surface area contributed by atoms with Crippen molar-refractivity contribution >= 4 is 16.7 Å². The van der Waals surface area contributed by atoms with E-state index in [1.807, 2.05) is 42.5 Å². The molecule has 0 fully saturated rings. The van der Waals surface area contributed by atoms with Crippen molar-refractivity contribution in [2.75, 3.05) is 11.5 Å². The molecule has 3 heteroatoms. The van der Waals surface area contributed by atoms with E-state index in [9.17, 15) is 9.18 Å². The number of hydrogen-bond acceptors (Lipinski definition) is 1. The third kappa shape index (κ3) is 7.88.